The Hall–Kier alpha value is -3.53. The molecule has 1 aliphatic heterocycles. The van der Waals surface area contributed by atoms with Gasteiger partial charge in [0.1, 0.15) is 5.82 Å². The summed E-state index contributed by atoms with van der Waals surface area (Å²) in [6.45, 7) is 8.80. The fourth-order valence-corrected chi connectivity index (χ4v) is 6.65. The van der Waals surface area contributed by atoms with Crippen LogP contribution in [0.3, 0.4) is 0 Å². The van der Waals surface area contributed by atoms with Crippen molar-refractivity contribution in [3.05, 3.63) is 72.2 Å². The largest absolute Gasteiger partial charge is 0.369 e. The number of aryl methyl sites for hydroxylation is 1. The van der Waals surface area contributed by atoms with Crippen LogP contribution in [0, 0.1) is 0 Å². The van der Waals surface area contributed by atoms with E-state index in [9.17, 15) is 8.42 Å². The number of piperazine rings is 1. The Kier molecular flexibility index (Phi) is 6.98. The first-order valence-electron chi connectivity index (χ1n) is 13.5. The van der Waals surface area contributed by atoms with Crippen molar-refractivity contribution in [3.63, 3.8) is 0 Å². The average molecular weight is 572 g/mol. The first kappa shape index (κ1) is 26.7. The predicted octanol–water partition coefficient (Wildman–Crippen LogP) is 5.96. The van der Waals surface area contributed by atoms with Gasteiger partial charge in [-0.3, -0.25) is 4.90 Å². The van der Waals surface area contributed by atoms with Crippen LogP contribution in [-0.2, 0) is 16.9 Å². The molecule has 0 unspecified atom stereocenters. The van der Waals surface area contributed by atoms with E-state index in [-0.39, 0.29) is 0 Å². The highest BCUT2D eigenvalue weighted by Gasteiger charge is 2.20. The van der Waals surface area contributed by atoms with Crippen LogP contribution in [0.5, 0.6) is 0 Å². The Morgan fingerprint density at radius 2 is 1.52 bits per heavy atom. The van der Waals surface area contributed by atoms with E-state index in [1.54, 1.807) is 12.1 Å². The lowest BCUT2D eigenvalue weighted by molar-refractivity contribution is 0.209. The summed E-state index contributed by atoms with van der Waals surface area (Å²) in [7, 11) is -1.26. The summed E-state index contributed by atoms with van der Waals surface area (Å²) in [5.41, 5.74) is 8.36. The van der Waals surface area contributed by atoms with E-state index in [0.717, 1.165) is 70.9 Å². The number of aromatic nitrogens is 3. The number of nitrogens with zero attached hydrogens (tertiary/aromatic N) is 5. The fraction of sp³-hybridized carbons (Fsp3) is 0.290. The first-order valence-corrected chi connectivity index (χ1v) is 16.2. The molecule has 5 aromatic rings. The van der Waals surface area contributed by atoms with Gasteiger partial charge in [-0.1, -0.05) is 12.1 Å². The van der Waals surface area contributed by atoms with Crippen LogP contribution in [0.4, 0.5) is 5.69 Å². The summed E-state index contributed by atoms with van der Waals surface area (Å²) in [5, 5.41) is 2.05. The highest BCUT2D eigenvalue weighted by molar-refractivity contribution is 7.90. The summed E-state index contributed by atoms with van der Waals surface area (Å²) in [5.74, 6) is 0.785. The smallest absolute Gasteiger partial charge is 0.175 e. The molecule has 206 valence electrons. The van der Waals surface area contributed by atoms with Crippen LogP contribution in [0.1, 0.15) is 13.8 Å². The maximum absolute atomic E-state index is 12.0. The highest BCUT2D eigenvalue weighted by Crippen LogP contribution is 2.37. The van der Waals surface area contributed by atoms with E-state index < -0.39 is 9.84 Å². The van der Waals surface area contributed by atoms with Gasteiger partial charge < -0.3 is 9.47 Å². The van der Waals surface area contributed by atoms with Crippen molar-refractivity contribution < 1.29 is 8.42 Å². The molecule has 40 heavy (non-hydrogen) atoms. The normalized spacial score (nSPS) is 14.9. The molecule has 0 radical (unpaired) electrons. The maximum atomic E-state index is 12.0. The van der Waals surface area contributed by atoms with Crippen LogP contribution < -0.4 is 4.90 Å². The molecule has 0 N–H and O–H groups in total. The molecule has 7 nitrogen and oxygen atoms in total. The third kappa shape index (κ3) is 5.05. The number of imidazole rings is 1. The summed E-state index contributed by atoms with van der Waals surface area (Å²) in [4.78, 5) is 10.3. The fourth-order valence-electron chi connectivity index (χ4n) is 5.48. The third-order valence-electron chi connectivity index (χ3n) is 7.88. The summed E-state index contributed by atoms with van der Waals surface area (Å²) in [6.07, 6.45) is 3.11. The molecular formula is C31H33N5O2S2. The number of benzene rings is 3. The SMILES string of the molecule is CC(C)N1CCN(c2ccc(-c3cc(-c4cnsc4)c4nc(-c5ccc(S(C)(=O)=O)cc5)n(C)c4c3)cc2)CC1. The van der Waals surface area contributed by atoms with Gasteiger partial charge in [0, 0.05) is 79.5 Å². The monoisotopic (exact) mass is 571 g/mol. The Bertz CT molecular complexity index is 1750. The number of hydrogen-bond donors (Lipinski definition) is 0. The van der Waals surface area contributed by atoms with E-state index in [2.05, 4.69) is 69.0 Å². The van der Waals surface area contributed by atoms with Crippen molar-refractivity contribution in [1.29, 1.82) is 0 Å². The summed E-state index contributed by atoms with van der Waals surface area (Å²) in [6, 6.07) is 20.8. The number of rotatable bonds is 6. The van der Waals surface area contributed by atoms with Gasteiger partial charge >= 0.3 is 0 Å². The van der Waals surface area contributed by atoms with E-state index in [0.29, 0.717) is 10.9 Å². The lowest BCUT2D eigenvalue weighted by Gasteiger charge is -2.38. The Morgan fingerprint density at radius 3 is 2.12 bits per heavy atom. The highest BCUT2D eigenvalue weighted by atomic mass is 32.2. The Balaban J connectivity index is 1.38. The molecular weight excluding hydrogens is 539 g/mol. The molecule has 1 saturated heterocycles. The van der Waals surface area contributed by atoms with Crippen molar-refractivity contribution in [2.45, 2.75) is 24.8 Å². The topological polar surface area (TPSA) is 71.3 Å². The van der Waals surface area contributed by atoms with Crippen LogP contribution in [0.15, 0.2) is 77.1 Å². The number of hydrogen-bond acceptors (Lipinski definition) is 7. The molecule has 0 bridgehead atoms. The molecule has 0 amide bonds. The zero-order valence-corrected chi connectivity index (χ0v) is 24.8. The van der Waals surface area contributed by atoms with Gasteiger partial charge in [0.25, 0.3) is 0 Å². The lowest BCUT2D eigenvalue weighted by atomic mass is 9.98. The number of anilines is 1. The van der Waals surface area contributed by atoms with Gasteiger partial charge in [-0.15, -0.1) is 0 Å². The van der Waals surface area contributed by atoms with Crippen LogP contribution in [0.2, 0.25) is 0 Å². The standard InChI is InChI=1S/C31H33N5O2S2/c1-21(2)35-13-15-36(16-14-35)26-9-5-22(6-10-26)24-17-28(25-19-32-39-20-25)30-29(18-24)34(3)31(33-30)23-7-11-27(12-8-23)40(4,37)38/h5-12,17-21H,13-16H2,1-4H3. The molecule has 2 aromatic heterocycles. The van der Waals surface area contributed by atoms with Crippen molar-refractivity contribution in [2.75, 3.05) is 37.3 Å². The van der Waals surface area contributed by atoms with Crippen molar-refractivity contribution in [3.8, 4) is 33.6 Å². The van der Waals surface area contributed by atoms with E-state index in [1.165, 1.54) is 23.5 Å². The summed E-state index contributed by atoms with van der Waals surface area (Å²) < 4.78 is 30.3. The maximum Gasteiger partial charge on any atom is 0.175 e. The third-order valence-corrected chi connectivity index (χ3v) is 9.60. The van der Waals surface area contributed by atoms with Crippen molar-refractivity contribution >= 4 is 38.1 Å². The van der Waals surface area contributed by atoms with E-state index >= 15 is 0 Å². The average Bonchev–Trinajstić information content (AvgIpc) is 3.61. The molecule has 0 saturated carbocycles. The second-order valence-electron chi connectivity index (χ2n) is 10.8. The predicted molar refractivity (Wildman–Crippen MR) is 165 cm³/mol. The van der Waals surface area contributed by atoms with Gasteiger partial charge in [0.05, 0.1) is 15.9 Å². The van der Waals surface area contributed by atoms with Crippen LogP contribution >= 0.6 is 11.5 Å². The lowest BCUT2D eigenvalue weighted by Crippen LogP contribution is -2.48. The van der Waals surface area contributed by atoms with Gasteiger partial charge in [-0.05, 0) is 85.0 Å². The van der Waals surface area contributed by atoms with Gasteiger partial charge in [-0.25, -0.2) is 17.8 Å². The minimum absolute atomic E-state index is 0.299. The first-order chi connectivity index (χ1) is 19.2. The van der Waals surface area contributed by atoms with Crippen molar-refractivity contribution in [1.82, 2.24) is 18.8 Å². The molecule has 3 heterocycles. The van der Waals surface area contributed by atoms with Gasteiger partial charge in [-0.2, -0.15) is 0 Å². The molecule has 3 aromatic carbocycles. The zero-order chi connectivity index (χ0) is 28.0. The Labute approximate surface area is 239 Å². The minimum Gasteiger partial charge on any atom is -0.369 e. The Morgan fingerprint density at radius 1 is 0.850 bits per heavy atom. The minimum atomic E-state index is -3.26. The quantitative estimate of drug-likeness (QED) is 0.250. The molecule has 0 atom stereocenters. The van der Waals surface area contributed by atoms with E-state index in [1.807, 2.05) is 30.8 Å². The number of sulfone groups is 1. The summed E-state index contributed by atoms with van der Waals surface area (Å²) >= 11 is 1.43. The van der Waals surface area contributed by atoms with E-state index in [4.69, 9.17) is 4.98 Å². The van der Waals surface area contributed by atoms with Gasteiger partial charge in [0.2, 0.25) is 0 Å². The second-order valence-corrected chi connectivity index (χ2v) is 13.4. The number of fused-ring (bicyclic) bond motifs is 1. The molecule has 1 fully saturated rings. The molecule has 9 heteroatoms. The molecule has 0 spiro atoms. The molecule has 0 aliphatic carbocycles. The van der Waals surface area contributed by atoms with Crippen LogP contribution in [0.25, 0.3) is 44.7 Å². The van der Waals surface area contributed by atoms with Crippen LogP contribution in [-0.4, -0.2) is 65.7 Å². The van der Waals surface area contributed by atoms with Gasteiger partial charge in [0.15, 0.2) is 9.84 Å². The second kappa shape index (κ2) is 10.5. The molecule has 1 aliphatic rings. The molecule has 6 rings (SSSR count). The van der Waals surface area contributed by atoms with Crippen molar-refractivity contribution in [2.24, 2.45) is 7.05 Å². The zero-order valence-electron chi connectivity index (χ0n) is 23.2.